The van der Waals surface area contributed by atoms with Gasteiger partial charge in [-0.25, -0.2) is 4.79 Å². The summed E-state index contributed by atoms with van der Waals surface area (Å²) in [7, 11) is 0. The zero-order valence-electron chi connectivity index (χ0n) is 15.2. The van der Waals surface area contributed by atoms with Crippen LogP contribution in [0, 0.1) is 13.8 Å². The van der Waals surface area contributed by atoms with Crippen LogP contribution < -0.4 is 5.32 Å². The van der Waals surface area contributed by atoms with E-state index in [2.05, 4.69) is 29.4 Å². The largest absolute Gasteiger partial charge is 0.396 e. The van der Waals surface area contributed by atoms with Gasteiger partial charge in [-0.15, -0.1) is 11.3 Å². The summed E-state index contributed by atoms with van der Waals surface area (Å²) >= 11 is 1.69. The Balaban J connectivity index is 2.08. The van der Waals surface area contributed by atoms with E-state index in [-0.39, 0.29) is 18.7 Å². The van der Waals surface area contributed by atoms with Gasteiger partial charge in [-0.05, 0) is 51.0 Å². The SMILES string of the molecule is CC[C@H](NC(=O)N(CCCO)Cc1ccc(C)s1)c1cccc(C)n1. The molecule has 0 radical (unpaired) electrons. The molecule has 0 aliphatic carbocycles. The predicted octanol–water partition coefficient (Wildman–Crippen LogP) is 3.81. The van der Waals surface area contributed by atoms with E-state index in [1.807, 2.05) is 32.0 Å². The molecule has 0 aliphatic heterocycles. The molecule has 0 spiro atoms. The molecule has 0 bridgehead atoms. The van der Waals surface area contributed by atoms with E-state index in [1.165, 1.54) is 4.88 Å². The zero-order valence-corrected chi connectivity index (χ0v) is 16.0. The highest BCUT2D eigenvalue weighted by Crippen LogP contribution is 2.19. The Kier molecular flexibility index (Phi) is 7.40. The first-order valence-electron chi connectivity index (χ1n) is 8.68. The van der Waals surface area contributed by atoms with Crippen LogP contribution in [0.3, 0.4) is 0 Å². The highest BCUT2D eigenvalue weighted by atomic mass is 32.1. The molecule has 0 saturated carbocycles. The van der Waals surface area contributed by atoms with Gasteiger partial charge in [0.2, 0.25) is 0 Å². The first-order valence-corrected chi connectivity index (χ1v) is 9.50. The van der Waals surface area contributed by atoms with Crippen LogP contribution in [0.2, 0.25) is 0 Å². The van der Waals surface area contributed by atoms with Gasteiger partial charge in [0, 0.05) is 28.6 Å². The highest BCUT2D eigenvalue weighted by Gasteiger charge is 2.19. The quantitative estimate of drug-likeness (QED) is 0.751. The number of nitrogens with zero attached hydrogens (tertiary/aromatic N) is 2. The van der Waals surface area contributed by atoms with Crippen molar-refractivity contribution in [3.05, 3.63) is 51.5 Å². The maximum absolute atomic E-state index is 12.8. The molecule has 2 amide bonds. The fourth-order valence-electron chi connectivity index (χ4n) is 2.66. The number of aliphatic hydroxyl groups excluding tert-OH is 1. The molecule has 2 aromatic heterocycles. The Labute approximate surface area is 153 Å². The number of carbonyl (C=O) groups excluding carboxylic acids is 1. The van der Waals surface area contributed by atoms with Crippen molar-refractivity contribution in [2.45, 2.75) is 46.2 Å². The number of aromatic nitrogens is 1. The Hall–Kier alpha value is -1.92. The summed E-state index contributed by atoms with van der Waals surface area (Å²) in [5, 5.41) is 12.2. The number of aliphatic hydroxyl groups is 1. The number of aryl methyl sites for hydroxylation is 2. The molecular weight excluding hydrogens is 334 g/mol. The summed E-state index contributed by atoms with van der Waals surface area (Å²) in [6.45, 7) is 7.20. The topological polar surface area (TPSA) is 65.5 Å². The lowest BCUT2D eigenvalue weighted by molar-refractivity contribution is 0.183. The van der Waals surface area contributed by atoms with Gasteiger partial charge in [-0.3, -0.25) is 4.98 Å². The van der Waals surface area contributed by atoms with Crippen molar-refractivity contribution in [2.24, 2.45) is 0 Å². The molecule has 0 unspecified atom stereocenters. The second-order valence-electron chi connectivity index (χ2n) is 6.13. The molecular formula is C19H27N3O2S. The van der Waals surface area contributed by atoms with E-state index >= 15 is 0 Å². The molecule has 0 fully saturated rings. The van der Waals surface area contributed by atoms with Gasteiger partial charge in [0.05, 0.1) is 18.3 Å². The van der Waals surface area contributed by atoms with Gasteiger partial charge in [-0.1, -0.05) is 13.0 Å². The van der Waals surface area contributed by atoms with Gasteiger partial charge in [-0.2, -0.15) is 0 Å². The number of carbonyl (C=O) groups is 1. The molecule has 136 valence electrons. The maximum Gasteiger partial charge on any atom is 0.318 e. The lowest BCUT2D eigenvalue weighted by atomic mass is 10.1. The van der Waals surface area contributed by atoms with Crippen molar-refractivity contribution in [3.63, 3.8) is 0 Å². The van der Waals surface area contributed by atoms with E-state index in [0.29, 0.717) is 19.5 Å². The van der Waals surface area contributed by atoms with Crippen molar-refractivity contribution < 1.29 is 9.90 Å². The Morgan fingerprint density at radius 1 is 1.32 bits per heavy atom. The molecule has 0 saturated heterocycles. The number of amides is 2. The third kappa shape index (κ3) is 5.83. The number of nitrogens with one attached hydrogen (secondary N) is 1. The average Bonchev–Trinajstić information content (AvgIpc) is 3.01. The van der Waals surface area contributed by atoms with Crippen molar-refractivity contribution in [3.8, 4) is 0 Å². The molecule has 2 aromatic rings. The molecule has 1 atom stereocenters. The van der Waals surface area contributed by atoms with Crippen molar-refractivity contribution in [2.75, 3.05) is 13.2 Å². The van der Waals surface area contributed by atoms with Crippen LogP contribution in [0.15, 0.2) is 30.3 Å². The normalized spacial score (nSPS) is 12.0. The lowest BCUT2D eigenvalue weighted by Gasteiger charge is -2.25. The number of pyridine rings is 1. The summed E-state index contributed by atoms with van der Waals surface area (Å²) in [6, 6.07) is 9.74. The van der Waals surface area contributed by atoms with Crippen LogP contribution in [-0.4, -0.2) is 34.2 Å². The number of rotatable bonds is 8. The van der Waals surface area contributed by atoms with Crippen LogP contribution in [0.5, 0.6) is 0 Å². The number of hydrogen-bond acceptors (Lipinski definition) is 4. The van der Waals surface area contributed by atoms with E-state index in [9.17, 15) is 4.79 Å². The molecule has 2 rings (SSSR count). The summed E-state index contributed by atoms with van der Waals surface area (Å²) < 4.78 is 0. The number of urea groups is 1. The van der Waals surface area contributed by atoms with Gasteiger partial charge in [0.25, 0.3) is 0 Å². The molecule has 2 N–H and O–H groups in total. The minimum atomic E-state index is -0.117. The standard InChI is InChI=1S/C19H27N3O2S/c1-4-17(18-8-5-7-14(2)20-18)21-19(24)22(11-6-12-23)13-16-10-9-15(3)25-16/h5,7-10,17,23H,4,6,11-13H2,1-3H3,(H,21,24)/t17-/m0/s1. The fourth-order valence-corrected chi connectivity index (χ4v) is 3.56. The van der Waals surface area contributed by atoms with Gasteiger partial charge >= 0.3 is 6.03 Å². The molecule has 0 aliphatic rings. The first-order chi connectivity index (χ1) is 12.0. The van der Waals surface area contributed by atoms with E-state index in [4.69, 9.17) is 5.11 Å². The summed E-state index contributed by atoms with van der Waals surface area (Å²) in [4.78, 5) is 21.5. The summed E-state index contributed by atoms with van der Waals surface area (Å²) in [5.41, 5.74) is 1.82. The number of hydrogen-bond donors (Lipinski definition) is 2. The molecule has 0 aromatic carbocycles. The minimum Gasteiger partial charge on any atom is -0.396 e. The molecule has 5 nitrogen and oxygen atoms in total. The van der Waals surface area contributed by atoms with E-state index < -0.39 is 0 Å². The van der Waals surface area contributed by atoms with Gasteiger partial charge < -0.3 is 15.3 Å². The van der Waals surface area contributed by atoms with Gasteiger partial charge in [0.15, 0.2) is 0 Å². The second kappa shape index (κ2) is 9.53. The van der Waals surface area contributed by atoms with Crippen LogP contribution in [0.4, 0.5) is 4.79 Å². The average molecular weight is 362 g/mol. The second-order valence-corrected chi connectivity index (χ2v) is 7.50. The minimum absolute atomic E-state index is 0.0733. The van der Waals surface area contributed by atoms with E-state index in [0.717, 1.165) is 22.7 Å². The van der Waals surface area contributed by atoms with Crippen molar-refractivity contribution in [1.29, 1.82) is 0 Å². The van der Waals surface area contributed by atoms with Crippen molar-refractivity contribution >= 4 is 17.4 Å². The third-order valence-corrected chi connectivity index (χ3v) is 4.97. The smallest absolute Gasteiger partial charge is 0.318 e. The Morgan fingerprint density at radius 3 is 2.72 bits per heavy atom. The fraction of sp³-hybridized carbons (Fsp3) is 0.474. The zero-order chi connectivity index (χ0) is 18.2. The highest BCUT2D eigenvalue weighted by molar-refractivity contribution is 7.11. The van der Waals surface area contributed by atoms with Crippen LogP contribution in [0.1, 0.15) is 46.9 Å². The van der Waals surface area contributed by atoms with E-state index in [1.54, 1.807) is 16.2 Å². The molecule has 6 heteroatoms. The third-order valence-electron chi connectivity index (χ3n) is 3.99. The summed E-state index contributed by atoms with van der Waals surface area (Å²) in [6.07, 6.45) is 1.34. The molecule has 2 heterocycles. The van der Waals surface area contributed by atoms with Crippen LogP contribution >= 0.6 is 11.3 Å². The Morgan fingerprint density at radius 2 is 2.12 bits per heavy atom. The first kappa shape index (κ1) is 19.4. The Bertz CT molecular complexity index is 687. The predicted molar refractivity (Wildman–Crippen MR) is 102 cm³/mol. The van der Waals surface area contributed by atoms with Gasteiger partial charge in [0.1, 0.15) is 0 Å². The monoisotopic (exact) mass is 361 g/mol. The summed E-state index contributed by atoms with van der Waals surface area (Å²) in [5.74, 6) is 0. The number of thiophene rings is 1. The van der Waals surface area contributed by atoms with Crippen LogP contribution in [0.25, 0.3) is 0 Å². The van der Waals surface area contributed by atoms with Crippen LogP contribution in [-0.2, 0) is 6.54 Å². The maximum atomic E-state index is 12.8. The lowest BCUT2D eigenvalue weighted by Crippen LogP contribution is -2.42. The molecule has 25 heavy (non-hydrogen) atoms. The van der Waals surface area contributed by atoms with Crippen molar-refractivity contribution in [1.82, 2.24) is 15.2 Å².